The number of benzene rings is 2. The molecule has 0 bridgehead atoms. The van der Waals surface area contributed by atoms with Crippen molar-refractivity contribution in [2.45, 2.75) is 4.90 Å². The topological polar surface area (TPSA) is 76.1 Å². The van der Waals surface area contributed by atoms with Gasteiger partial charge >= 0.3 is 0 Å². The smallest absolute Gasteiger partial charge is 0.267 e. The molecule has 0 atom stereocenters. The second-order valence-corrected chi connectivity index (χ2v) is 9.77. The number of hydrogen-bond donors (Lipinski definition) is 1. The summed E-state index contributed by atoms with van der Waals surface area (Å²) in [7, 11) is -3.31. The highest BCUT2D eigenvalue weighted by Crippen LogP contribution is 2.31. The second-order valence-electron chi connectivity index (χ2n) is 5.64. The molecule has 0 saturated carbocycles. The predicted octanol–water partition coefficient (Wildman–Crippen LogP) is 4.31. The van der Waals surface area contributed by atoms with Gasteiger partial charge in [-0.15, -0.1) is 11.3 Å². The molecule has 0 spiro atoms. The van der Waals surface area contributed by atoms with Crippen LogP contribution in [-0.4, -0.2) is 25.6 Å². The third-order valence-corrected chi connectivity index (χ3v) is 6.88. The zero-order valence-corrected chi connectivity index (χ0v) is 15.8. The Balaban J connectivity index is 1.65. The number of sulfone groups is 1. The van der Waals surface area contributed by atoms with Crippen molar-refractivity contribution >= 4 is 63.9 Å². The minimum Gasteiger partial charge on any atom is -0.297 e. The van der Waals surface area contributed by atoms with Crippen molar-refractivity contribution in [1.29, 1.82) is 0 Å². The zero-order chi connectivity index (χ0) is 18.5. The lowest BCUT2D eigenvalue weighted by atomic mass is 10.2. The maximum atomic E-state index is 13.8. The van der Waals surface area contributed by atoms with Crippen LogP contribution in [0.2, 0.25) is 0 Å². The Kier molecular flexibility index (Phi) is 4.02. The predicted molar refractivity (Wildman–Crippen MR) is 102 cm³/mol. The van der Waals surface area contributed by atoms with E-state index < -0.39 is 9.84 Å². The molecule has 0 aliphatic heterocycles. The number of thiophene rings is 1. The first kappa shape index (κ1) is 17.1. The summed E-state index contributed by atoms with van der Waals surface area (Å²) >= 11 is 2.38. The summed E-state index contributed by atoms with van der Waals surface area (Å²) in [6.45, 7) is 0. The summed E-state index contributed by atoms with van der Waals surface area (Å²) in [6, 6.07) is 10.8. The van der Waals surface area contributed by atoms with Crippen LogP contribution in [0.15, 0.2) is 47.4 Å². The van der Waals surface area contributed by atoms with E-state index in [-0.39, 0.29) is 16.6 Å². The fourth-order valence-corrected chi connectivity index (χ4v) is 5.08. The lowest BCUT2D eigenvalue weighted by molar-refractivity contribution is 0.103. The minimum absolute atomic E-state index is 0.200. The van der Waals surface area contributed by atoms with Crippen molar-refractivity contribution in [2.24, 2.45) is 0 Å². The van der Waals surface area contributed by atoms with Gasteiger partial charge in [-0.2, -0.15) is 0 Å². The van der Waals surface area contributed by atoms with Gasteiger partial charge in [0.25, 0.3) is 5.91 Å². The van der Waals surface area contributed by atoms with Crippen LogP contribution in [0.25, 0.3) is 20.3 Å². The number of halogens is 1. The van der Waals surface area contributed by atoms with Gasteiger partial charge < -0.3 is 0 Å². The Hall–Kier alpha value is -2.36. The molecular formula is C17H11FN2O3S3. The Morgan fingerprint density at radius 2 is 1.92 bits per heavy atom. The van der Waals surface area contributed by atoms with Crippen LogP contribution >= 0.6 is 22.7 Å². The fraction of sp³-hybridized carbons (Fsp3) is 0.0588. The normalized spacial score (nSPS) is 11.9. The molecule has 26 heavy (non-hydrogen) atoms. The highest BCUT2D eigenvalue weighted by molar-refractivity contribution is 7.90. The van der Waals surface area contributed by atoms with Crippen molar-refractivity contribution in [3.63, 3.8) is 0 Å². The molecule has 4 rings (SSSR count). The van der Waals surface area contributed by atoms with Crippen LogP contribution < -0.4 is 5.32 Å². The van der Waals surface area contributed by atoms with Gasteiger partial charge in [-0.3, -0.25) is 10.1 Å². The third-order valence-electron chi connectivity index (χ3n) is 3.74. The molecular weight excluding hydrogens is 395 g/mol. The lowest BCUT2D eigenvalue weighted by Crippen LogP contribution is -2.09. The van der Waals surface area contributed by atoms with Crippen molar-refractivity contribution in [3.8, 4) is 0 Å². The number of anilines is 1. The van der Waals surface area contributed by atoms with Crippen molar-refractivity contribution in [1.82, 2.24) is 4.98 Å². The summed E-state index contributed by atoms with van der Waals surface area (Å²) in [5, 5.41) is 3.46. The van der Waals surface area contributed by atoms with Gasteiger partial charge in [-0.05, 0) is 36.4 Å². The number of rotatable bonds is 3. The van der Waals surface area contributed by atoms with Crippen molar-refractivity contribution < 1.29 is 17.6 Å². The molecule has 0 aliphatic carbocycles. The number of carbonyl (C=O) groups excluding carboxylic acids is 1. The molecule has 2 aromatic heterocycles. The maximum absolute atomic E-state index is 13.8. The fourth-order valence-electron chi connectivity index (χ4n) is 2.49. The number of carbonyl (C=O) groups is 1. The number of nitrogens with one attached hydrogen (secondary N) is 1. The quantitative estimate of drug-likeness (QED) is 0.550. The summed E-state index contributed by atoms with van der Waals surface area (Å²) in [6.07, 6.45) is 1.14. The summed E-state index contributed by atoms with van der Waals surface area (Å²) in [4.78, 5) is 17.3. The monoisotopic (exact) mass is 406 g/mol. The Bertz CT molecular complexity index is 1280. The van der Waals surface area contributed by atoms with E-state index in [9.17, 15) is 17.6 Å². The molecule has 2 aromatic carbocycles. The van der Waals surface area contributed by atoms with Crippen LogP contribution in [0, 0.1) is 5.82 Å². The first-order chi connectivity index (χ1) is 12.3. The lowest BCUT2D eigenvalue weighted by Gasteiger charge is -1.96. The van der Waals surface area contributed by atoms with Gasteiger partial charge in [-0.25, -0.2) is 17.8 Å². The van der Waals surface area contributed by atoms with E-state index in [1.165, 1.54) is 46.9 Å². The average Bonchev–Trinajstić information content (AvgIpc) is 3.17. The van der Waals surface area contributed by atoms with E-state index in [4.69, 9.17) is 0 Å². The summed E-state index contributed by atoms with van der Waals surface area (Å²) in [5.41, 5.74) is 0.597. The number of hydrogen-bond acceptors (Lipinski definition) is 6. The van der Waals surface area contributed by atoms with E-state index >= 15 is 0 Å². The number of fused-ring (bicyclic) bond motifs is 2. The molecule has 0 radical (unpaired) electrons. The molecule has 132 valence electrons. The van der Waals surface area contributed by atoms with Crippen molar-refractivity contribution in [2.75, 3.05) is 11.6 Å². The second kappa shape index (κ2) is 6.11. The Morgan fingerprint density at radius 3 is 2.65 bits per heavy atom. The zero-order valence-electron chi connectivity index (χ0n) is 13.3. The van der Waals surface area contributed by atoms with Crippen LogP contribution in [0.4, 0.5) is 9.52 Å². The minimum atomic E-state index is -3.31. The number of amides is 1. The van der Waals surface area contributed by atoms with Crippen LogP contribution in [0.1, 0.15) is 9.67 Å². The van der Waals surface area contributed by atoms with E-state index in [1.807, 2.05) is 0 Å². The molecule has 1 amide bonds. The summed E-state index contributed by atoms with van der Waals surface area (Å²) in [5.74, 6) is -0.751. The van der Waals surface area contributed by atoms with E-state index in [2.05, 4.69) is 10.3 Å². The van der Waals surface area contributed by atoms with Gasteiger partial charge in [0.15, 0.2) is 15.0 Å². The van der Waals surface area contributed by atoms with Crippen LogP contribution in [-0.2, 0) is 9.84 Å². The molecule has 5 nitrogen and oxygen atoms in total. The van der Waals surface area contributed by atoms with Gasteiger partial charge in [0.05, 0.1) is 20.0 Å². The van der Waals surface area contributed by atoms with Crippen LogP contribution in [0.3, 0.4) is 0 Å². The van der Waals surface area contributed by atoms with E-state index in [0.29, 0.717) is 30.3 Å². The first-order valence-corrected chi connectivity index (χ1v) is 10.9. The van der Waals surface area contributed by atoms with Gasteiger partial charge in [0.2, 0.25) is 0 Å². The molecule has 0 fully saturated rings. The molecule has 0 saturated heterocycles. The highest BCUT2D eigenvalue weighted by Gasteiger charge is 2.15. The standard InChI is InChI=1S/C17H11FN2O3S3/c1-26(22,23)9-5-6-12-14(7-9)25-17(19-12)20-16(21)15-8-10-11(18)3-2-4-13(10)24-15/h2-8H,1H3,(H,19,20,21). The highest BCUT2D eigenvalue weighted by atomic mass is 32.2. The van der Waals surface area contributed by atoms with Gasteiger partial charge in [-0.1, -0.05) is 17.4 Å². The molecule has 2 heterocycles. The molecule has 4 aromatic rings. The van der Waals surface area contributed by atoms with Crippen LogP contribution in [0.5, 0.6) is 0 Å². The largest absolute Gasteiger partial charge is 0.297 e. The molecule has 0 unspecified atom stereocenters. The van der Waals surface area contributed by atoms with Gasteiger partial charge in [0.1, 0.15) is 5.82 Å². The molecule has 0 aliphatic rings. The Morgan fingerprint density at radius 1 is 1.12 bits per heavy atom. The molecule has 1 N–H and O–H groups in total. The number of aromatic nitrogens is 1. The van der Waals surface area contributed by atoms with E-state index in [1.54, 1.807) is 18.2 Å². The summed E-state index contributed by atoms with van der Waals surface area (Å²) < 4.78 is 38.4. The molecule has 9 heteroatoms. The maximum Gasteiger partial charge on any atom is 0.267 e. The van der Waals surface area contributed by atoms with E-state index in [0.717, 1.165) is 6.26 Å². The van der Waals surface area contributed by atoms with Gasteiger partial charge in [0, 0.05) is 16.3 Å². The third kappa shape index (κ3) is 3.09. The SMILES string of the molecule is CS(=O)(=O)c1ccc2nc(NC(=O)c3cc4c(F)cccc4s3)sc2c1. The number of thiazole rings is 1. The van der Waals surface area contributed by atoms with Crippen molar-refractivity contribution in [3.05, 3.63) is 53.2 Å². The number of nitrogens with zero attached hydrogens (tertiary/aromatic N) is 1. The average molecular weight is 406 g/mol. The first-order valence-electron chi connectivity index (χ1n) is 7.41. The Labute approximate surface area is 156 Å².